The van der Waals surface area contributed by atoms with Gasteiger partial charge >= 0.3 is 11.9 Å². The molecule has 0 aliphatic carbocycles. The molecule has 0 radical (unpaired) electrons. The third-order valence-electron chi connectivity index (χ3n) is 4.49. The average Bonchev–Trinajstić information content (AvgIpc) is 3.02. The molecule has 2 heterocycles. The molecule has 0 unspecified atom stereocenters. The highest BCUT2D eigenvalue weighted by Gasteiger charge is 2.30. The SMILES string of the molecule is CCOC(=O)c1c(SCc2ccccc2)c(C(=O)OCC)n2cc(C)cc(C)c12. The van der Waals surface area contributed by atoms with Gasteiger partial charge in [-0.1, -0.05) is 36.4 Å². The van der Waals surface area contributed by atoms with Crippen molar-refractivity contribution in [2.75, 3.05) is 13.2 Å². The summed E-state index contributed by atoms with van der Waals surface area (Å²) in [7, 11) is 0. The van der Waals surface area contributed by atoms with Crippen LogP contribution in [0.1, 0.15) is 51.4 Å². The van der Waals surface area contributed by atoms with Crippen LogP contribution in [0.4, 0.5) is 0 Å². The van der Waals surface area contributed by atoms with E-state index in [0.717, 1.165) is 16.7 Å². The summed E-state index contributed by atoms with van der Waals surface area (Å²) in [5.41, 5.74) is 4.49. The molecule has 6 heteroatoms. The number of hydrogen-bond donors (Lipinski definition) is 0. The molecule has 0 aliphatic rings. The van der Waals surface area contributed by atoms with Crippen molar-refractivity contribution >= 4 is 29.2 Å². The van der Waals surface area contributed by atoms with E-state index in [4.69, 9.17) is 9.47 Å². The molecular weight excluding hydrogens is 386 g/mol. The number of nitrogens with zero attached hydrogens (tertiary/aromatic N) is 1. The normalized spacial score (nSPS) is 10.9. The van der Waals surface area contributed by atoms with Crippen LogP contribution in [0.25, 0.3) is 5.52 Å². The third-order valence-corrected chi connectivity index (χ3v) is 5.65. The highest BCUT2D eigenvalue weighted by Crippen LogP contribution is 2.37. The summed E-state index contributed by atoms with van der Waals surface area (Å²) in [6.45, 7) is 7.96. The molecule has 1 aromatic carbocycles. The van der Waals surface area contributed by atoms with Gasteiger partial charge in [0.05, 0.1) is 29.2 Å². The number of carbonyl (C=O) groups is 2. The van der Waals surface area contributed by atoms with Crippen molar-refractivity contribution in [1.82, 2.24) is 4.40 Å². The van der Waals surface area contributed by atoms with Gasteiger partial charge in [-0.3, -0.25) is 0 Å². The van der Waals surface area contributed by atoms with Crippen molar-refractivity contribution in [3.8, 4) is 0 Å². The van der Waals surface area contributed by atoms with E-state index in [2.05, 4.69) is 0 Å². The largest absolute Gasteiger partial charge is 0.462 e. The van der Waals surface area contributed by atoms with Gasteiger partial charge in [-0.25, -0.2) is 9.59 Å². The molecule has 0 fully saturated rings. The second-order valence-corrected chi connectivity index (χ2v) is 7.67. The zero-order chi connectivity index (χ0) is 21.0. The predicted molar refractivity (Wildman–Crippen MR) is 115 cm³/mol. The van der Waals surface area contributed by atoms with Gasteiger partial charge in [0.25, 0.3) is 0 Å². The Labute approximate surface area is 175 Å². The number of hydrogen-bond acceptors (Lipinski definition) is 5. The van der Waals surface area contributed by atoms with Crippen molar-refractivity contribution in [2.24, 2.45) is 0 Å². The van der Waals surface area contributed by atoms with Crippen molar-refractivity contribution < 1.29 is 19.1 Å². The number of thioether (sulfide) groups is 1. The number of esters is 2. The molecule has 0 aliphatic heterocycles. The summed E-state index contributed by atoms with van der Waals surface area (Å²) in [6.07, 6.45) is 1.86. The molecule has 0 saturated heterocycles. The number of ether oxygens (including phenoxy) is 2. The second-order valence-electron chi connectivity index (χ2n) is 6.69. The Morgan fingerprint density at radius 3 is 2.31 bits per heavy atom. The van der Waals surface area contributed by atoms with E-state index < -0.39 is 11.9 Å². The fourth-order valence-corrected chi connectivity index (χ4v) is 4.53. The summed E-state index contributed by atoms with van der Waals surface area (Å²) in [5, 5.41) is 0. The number of aromatic nitrogens is 1. The van der Waals surface area contributed by atoms with E-state index in [1.54, 1.807) is 18.2 Å². The van der Waals surface area contributed by atoms with Crippen LogP contribution < -0.4 is 0 Å². The Morgan fingerprint density at radius 2 is 1.66 bits per heavy atom. The van der Waals surface area contributed by atoms with Gasteiger partial charge in [-0.05, 0) is 44.4 Å². The zero-order valence-corrected chi connectivity index (χ0v) is 18.0. The van der Waals surface area contributed by atoms with Gasteiger partial charge in [0.2, 0.25) is 0 Å². The second kappa shape index (κ2) is 9.18. The summed E-state index contributed by atoms with van der Waals surface area (Å²) in [5.74, 6) is -0.254. The van der Waals surface area contributed by atoms with Gasteiger partial charge in [0.1, 0.15) is 5.69 Å². The number of benzene rings is 1. The standard InChI is InChI=1S/C23H25NO4S/c1-5-27-22(25)18-19-16(4)12-15(3)13-24(19)20(23(26)28-6-2)21(18)29-14-17-10-8-7-9-11-17/h7-13H,5-6,14H2,1-4H3. The first-order valence-electron chi connectivity index (χ1n) is 9.64. The lowest BCUT2D eigenvalue weighted by atomic mass is 10.1. The molecule has 0 atom stereocenters. The van der Waals surface area contributed by atoms with Gasteiger partial charge in [0.15, 0.2) is 0 Å². The van der Waals surface area contributed by atoms with Gasteiger partial charge in [-0.2, -0.15) is 0 Å². The van der Waals surface area contributed by atoms with E-state index >= 15 is 0 Å². The lowest BCUT2D eigenvalue weighted by Crippen LogP contribution is -2.10. The van der Waals surface area contributed by atoms with Crippen LogP contribution in [0.15, 0.2) is 47.5 Å². The summed E-state index contributed by atoms with van der Waals surface area (Å²) in [4.78, 5) is 26.4. The Kier molecular flexibility index (Phi) is 6.64. The molecule has 5 nitrogen and oxygen atoms in total. The minimum absolute atomic E-state index is 0.258. The first-order valence-corrected chi connectivity index (χ1v) is 10.6. The number of rotatable bonds is 7. The molecule has 0 spiro atoms. The fraction of sp³-hybridized carbons (Fsp3) is 0.304. The highest BCUT2D eigenvalue weighted by molar-refractivity contribution is 7.98. The quantitative estimate of drug-likeness (QED) is 0.395. The van der Waals surface area contributed by atoms with Crippen molar-refractivity contribution in [3.63, 3.8) is 0 Å². The van der Waals surface area contributed by atoms with Crippen LogP contribution in [0, 0.1) is 13.8 Å². The molecule has 29 heavy (non-hydrogen) atoms. The minimum atomic E-state index is -0.446. The predicted octanol–water partition coefficient (Wildman–Crippen LogP) is 5.20. The van der Waals surface area contributed by atoms with Crippen LogP contribution in [0.5, 0.6) is 0 Å². The fourth-order valence-electron chi connectivity index (χ4n) is 3.39. The first kappa shape index (κ1) is 21.0. The monoisotopic (exact) mass is 411 g/mol. The van der Waals surface area contributed by atoms with Crippen LogP contribution in [0.2, 0.25) is 0 Å². The van der Waals surface area contributed by atoms with Gasteiger partial charge in [0, 0.05) is 11.9 Å². The van der Waals surface area contributed by atoms with Crippen molar-refractivity contribution in [1.29, 1.82) is 0 Å². The van der Waals surface area contributed by atoms with Gasteiger partial charge < -0.3 is 13.9 Å². The topological polar surface area (TPSA) is 57.0 Å². The lowest BCUT2D eigenvalue weighted by Gasteiger charge is -2.08. The Hall–Kier alpha value is -2.73. The highest BCUT2D eigenvalue weighted by atomic mass is 32.2. The Bertz CT molecular complexity index is 1040. The minimum Gasteiger partial charge on any atom is -0.462 e. The Morgan fingerprint density at radius 1 is 1.00 bits per heavy atom. The van der Waals surface area contributed by atoms with E-state index in [1.165, 1.54) is 11.8 Å². The maximum atomic E-state index is 12.9. The number of fused-ring (bicyclic) bond motifs is 1. The van der Waals surface area contributed by atoms with E-state index in [-0.39, 0.29) is 13.2 Å². The number of aryl methyl sites for hydroxylation is 2. The van der Waals surface area contributed by atoms with Crippen molar-refractivity contribution in [2.45, 2.75) is 38.3 Å². The summed E-state index contributed by atoms with van der Waals surface area (Å²) in [6, 6.07) is 11.9. The van der Waals surface area contributed by atoms with Crippen LogP contribution in [-0.2, 0) is 15.2 Å². The van der Waals surface area contributed by atoms with Gasteiger partial charge in [-0.15, -0.1) is 11.8 Å². The molecule has 3 rings (SSSR count). The first-order chi connectivity index (χ1) is 14.0. The molecule has 152 valence electrons. The molecule has 2 aromatic heterocycles. The summed E-state index contributed by atoms with van der Waals surface area (Å²) >= 11 is 1.45. The maximum absolute atomic E-state index is 12.9. The maximum Gasteiger partial charge on any atom is 0.356 e. The molecular formula is C23H25NO4S. The van der Waals surface area contributed by atoms with E-state index in [1.807, 2.05) is 56.4 Å². The van der Waals surface area contributed by atoms with Crippen LogP contribution in [-0.4, -0.2) is 29.6 Å². The summed E-state index contributed by atoms with van der Waals surface area (Å²) < 4.78 is 12.5. The Balaban J connectivity index is 2.24. The van der Waals surface area contributed by atoms with Crippen LogP contribution in [0.3, 0.4) is 0 Å². The van der Waals surface area contributed by atoms with Crippen LogP contribution >= 0.6 is 11.8 Å². The number of carbonyl (C=O) groups excluding carboxylic acids is 2. The zero-order valence-electron chi connectivity index (χ0n) is 17.2. The molecule has 0 amide bonds. The lowest BCUT2D eigenvalue weighted by molar-refractivity contribution is 0.0514. The molecule has 0 N–H and O–H groups in total. The molecule has 0 bridgehead atoms. The number of pyridine rings is 1. The average molecular weight is 412 g/mol. The van der Waals surface area contributed by atoms with Crippen molar-refractivity contribution in [3.05, 3.63) is 70.5 Å². The molecule has 0 saturated carbocycles. The van der Waals surface area contributed by atoms with E-state index in [9.17, 15) is 9.59 Å². The smallest absolute Gasteiger partial charge is 0.356 e. The van der Waals surface area contributed by atoms with E-state index in [0.29, 0.717) is 27.4 Å². The molecule has 3 aromatic rings. The third kappa shape index (κ3) is 4.32.